The summed E-state index contributed by atoms with van der Waals surface area (Å²) in [6.45, 7) is 5.41. The first-order valence-electron chi connectivity index (χ1n) is 10.3. The Labute approximate surface area is 177 Å². The molecule has 3 N–H and O–H groups in total. The summed E-state index contributed by atoms with van der Waals surface area (Å²) in [4.78, 5) is 26.4. The Bertz CT molecular complexity index is 877. The first-order chi connectivity index (χ1) is 14.5. The third-order valence-electron chi connectivity index (χ3n) is 5.14. The van der Waals surface area contributed by atoms with Gasteiger partial charge in [-0.15, -0.1) is 0 Å². The Kier molecular flexibility index (Phi) is 7.17. The Morgan fingerprint density at radius 2 is 1.63 bits per heavy atom. The third-order valence-corrected chi connectivity index (χ3v) is 5.14. The molecule has 0 radical (unpaired) electrons. The number of rotatable bonds is 7. The van der Waals surface area contributed by atoms with Crippen LogP contribution in [0.5, 0.6) is 5.75 Å². The second kappa shape index (κ2) is 10.0. The maximum Gasteiger partial charge on any atom is 0.246 e. The van der Waals surface area contributed by atoms with Crippen molar-refractivity contribution >= 4 is 34.6 Å². The average molecular weight is 411 g/mol. The number of carbonyl (C=O) groups is 2. The van der Waals surface area contributed by atoms with E-state index in [1.165, 1.54) is 31.9 Å². The molecular weight excluding hydrogens is 380 g/mol. The number of anilines is 4. The number of carbonyl (C=O) groups excluding carboxylic acids is 2. The topological polar surface area (TPSA) is 82.7 Å². The van der Waals surface area contributed by atoms with E-state index in [-0.39, 0.29) is 11.8 Å². The number of amides is 2. The molecule has 2 aromatic rings. The highest BCUT2D eigenvalue weighted by atomic mass is 16.5. The summed E-state index contributed by atoms with van der Waals surface area (Å²) in [6.07, 6.45) is 3.76. The first kappa shape index (κ1) is 21.5. The molecule has 1 heterocycles. The minimum atomic E-state index is -0.506. The van der Waals surface area contributed by atoms with Crippen molar-refractivity contribution in [3.8, 4) is 5.75 Å². The number of nitrogens with one attached hydrogen (secondary N) is 3. The van der Waals surface area contributed by atoms with Crippen molar-refractivity contribution in [2.45, 2.75) is 39.2 Å². The van der Waals surface area contributed by atoms with Crippen molar-refractivity contribution in [3.05, 3.63) is 42.5 Å². The highest BCUT2D eigenvalue weighted by Gasteiger charge is 2.16. The van der Waals surface area contributed by atoms with Crippen LogP contribution in [0.4, 0.5) is 22.7 Å². The number of hydrogen-bond acceptors (Lipinski definition) is 5. The standard InChI is InChI=1S/C23H30N4O3/c1-16(24-21-15-19(25-17(2)28)9-12-22(21)30-3)23(29)26-18-7-10-20(11-8-18)27-13-5-4-6-14-27/h7-12,15-16,24H,4-6,13-14H2,1-3H3,(H,25,28)(H,26,29)/t16-/m1/s1. The van der Waals surface area contributed by atoms with E-state index in [1.54, 1.807) is 32.2 Å². The van der Waals surface area contributed by atoms with Gasteiger partial charge < -0.3 is 25.6 Å². The monoisotopic (exact) mass is 410 g/mol. The molecule has 30 heavy (non-hydrogen) atoms. The molecule has 1 aliphatic heterocycles. The average Bonchev–Trinajstić information content (AvgIpc) is 2.74. The number of benzene rings is 2. The molecule has 2 amide bonds. The molecular formula is C23H30N4O3. The minimum absolute atomic E-state index is 0.160. The van der Waals surface area contributed by atoms with Gasteiger partial charge in [0.05, 0.1) is 12.8 Å². The third kappa shape index (κ3) is 5.65. The Hall–Kier alpha value is -3.22. The zero-order valence-corrected chi connectivity index (χ0v) is 17.8. The second-order valence-electron chi connectivity index (χ2n) is 7.55. The van der Waals surface area contributed by atoms with Gasteiger partial charge in [0.25, 0.3) is 0 Å². The number of ether oxygens (including phenoxy) is 1. The second-order valence-corrected chi connectivity index (χ2v) is 7.55. The van der Waals surface area contributed by atoms with Gasteiger partial charge in [-0.2, -0.15) is 0 Å². The maximum absolute atomic E-state index is 12.7. The van der Waals surface area contributed by atoms with Crippen LogP contribution in [0.25, 0.3) is 0 Å². The quantitative estimate of drug-likeness (QED) is 0.641. The fraction of sp³-hybridized carbons (Fsp3) is 0.391. The molecule has 7 heteroatoms. The summed E-state index contributed by atoms with van der Waals surface area (Å²) in [7, 11) is 1.56. The molecule has 1 fully saturated rings. The first-order valence-corrected chi connectivity index (χ1v) is 10.3. The van der Waals surface area contributed by atoms with Crippen LogP contribution in [0.15, 0.2) is 42.5 Å². The van der Waals surface area contributed by atoms with Crippen molar-refractivity contribution in [2.75, 3.05) is 41.0 Å². The molecule has 0 bridgehead atoms. The summed E-state index contributed by atoms with van der Waals surface area (Å²) >= 11 is 0. The Morgan fingerprint density at radius 1 is 0.967 bits per heavy atom. The van der Waals surface area contributed by atoms with Gasteiger partial charge in [-0.3, -0.25) is 9.59 Å². The molecule has 0 aromatic heterocycles. The summed E-state index contributed by atoms with van der Waals surface area (Å²) in [6, 6.07) is 12.7. The number of piperidine rings is 1. The molecule has 7 nitrogen and oxygen atoms in total. The van der Waals surface area contributed by atoms with Crippen molar-refractivity contribution in [2.24, 2.45) is 0 Å². The van der Waals surface area contributed by atoms with Crippen LogP contribution >= 0.6 is 0 Å². The highest BCUT2D eigenvalue weighted by molar-refractivity contribution is 5.97. The molecule has 0 spiro atoms. The molecule has 0 aliphatic carbocycles. The van der Waals surface area contributed by atoms with Crippen molar-refractivity contribution in [1.29, 1.82) is 0 Å². The summed E-state index contributed by atoms with van der Waals surface area (Å²) < 4.78 is 5.36. The van der Waals surface area contributed by atoms with Crippen LogP contribution in [0, 0.1) is 0 Å². The van der Waals surface area contributed by atoms with E-state index in [0.717, 1.165) is 18.8 Å². The van der Waals surface area contributed by atoms with Crippen molar-refractivity contribution in [3.63, 3.8) is 0 Å². The molecule has 2 aromatic carbocycles. The van der Waals surface area contributed by atoms with Crippen LogP contribution in [-0.4, -0.2) is 38.1 Å². The lowest BCUT2D eigenvalue weighted by Gasteiger charge is -2.28. The molecule has 160 valence electrons. The lowest BCUT2D eigenvalue weighted by molar-refractivity contribution is -0.116. The molecule has 1 aliphatic rings. The van der Waals surface area contributed by atoms with Crippen LogP contribution in [0.1, 0.15) is 33.1 Å². The van der Waals surface area contributed by atoms with E-state index in [1.807, 2.05) is 12.1 Å². The predicted octanol–water partition coefficient (Wildman–Crippen LogP) is 4.08. The van der Waals surface area contributed by atoms with Gasteiger partial charge in [0.15, 0.2) is 0 Å². The zero-order valence-electron chi connectivity index (χ0n) is 17.8. The SMILES string of the molecule is COc1ccc(NC(C)=O)cc1N[C@H](C)C(=O)Nc1ccc(N2CCCCC2)cc1. The number of nitrogens with zero attached hydrogens (tertiary/aromatic N) is 1. The van der Waals surface area contributed by atoms with E-state index in [9.17, 15) is 9.59 Å². The van der Waals surface area contributed by atoms with Gasteiger partial charge in [0, 0.05) is 37.1 Å². The van der Waals surface area contributed by atoms with Gasteiger partial charge >= 0.3 is 0 Å². The van der Waals surface area contributed by atoms with Gasteiger partial charge in [-0.25, -0.2) is 0 Å². The molecule has 0 saturated carbocycles. The van der Waals surface area contributed by atoms with Crippen LogP contribution in [0.2, 0.25) is 0 Å². The predicted molar refractivity (Wildman–Crippen MR) is 122 cm³/mol. The summed E-state index contributed by atoms with van der Waals surface area (Å²) in [5, 5.41) is 8.84. The van der Waals surface area contributed by atoms with E-state index < -0.39 is 6.04 Å². The lowest BCUT2D eigenvalue weighted by Crippen LogP contribution is -2.32. The van der Waals surface area contributed by atoms with Crippen LogP contribution in [0.3, 0.4) is 0 Å². The summed E-state index contributed by atoms with van der Waals surface area (Å²) in [5.74, 6) is 0.271. The van der Waals surface area contributed by atoms with Gasteiger partial charge in [-0.1, -0.05) is 0 Å². The van der Waals surface area contributed by atoms with Gasteiger partial charge in [-0.05, 0) is 68.7 Å². The summed E-state index contributed by atoms with van der Waals surface area (Å²) in [5.41, 5.74) is 3.21. The molecule has 1 atom stereocenters. The smallest absolute Gasteiger partial charge is 0.246 e. The molecule has 3 rings (SSSR count). The zero-order chi connectivity index (χ0) is 21.5. The number of hydrogen-bond donors (Lipinski definition) is 3. The van der Waals surface area contributed by atoms with Crippen LogP contribution < -0.4 is 25.6 Å². The van der Waals surface area contributed by atoms with E-state index in [0.29, 0.717) is 17.1 Å². The molecule has 0 unspecified atom stereocenters. The fourth-order valence-electron chi connectivity index (χ4n) is 3.56. The van der Waals surface area contributed by atoms with Gasteiger partial charge in [0.2, 0.25) is 11.8 Å². The molecule has 1 saturated heterocycles. The van der Waals surface area contributed by atoms with Crippen molar-refractivity contribution < 1.29 is 14.3 Å². The largest absolute Gasteiger partial charge is 0.495 e. The van der Waals surface area contributed by atoms with Crippen molar-refractivity contribution in [1.82, 2.24) is 0 Å². The normalized spacial score (nSPS) is 14.6. The van der Waals surface area contributed by atoms with E-state index in [4.69, 9.17) is 4.74 Å². The minimum Gasteiger partial charge on any atom is -0.495 e. The Balaban J connectivity index is 1.62. The van der Waals surface area contributed by atoms with E-state index in [2.05, 4.69) is 33.0 Å². The highest BCUT2D eigenvalue weighted by Crippen LogP contribution is 2.29. The lowest BCUT2D eigenvalue weighted by atomic mass is 10.1. The van der Waals surface area contributed by atoms with Gasteiger partial charge in [0.1, 0.15) is 11.8 Å². The number of methoxy groups -OCH3 is 1. The maximum atomic E-state index is 12.7. The van der Waals surface area contributed by atoms with Crippen LogP contribution in [-0.2, 0) is 9.59 Å². The van der Waals surface area contributed by atoms with E-state index >= 15 is 0 Å². The fourth-order valence-corrected chi connectivity index (χ4v) is 3.56. The Morgan fingerprint density at radius 3 is 2.27 bits per heavy atom.